The first kappa shape index (κ1) is 12.4. The molecule has 0 bridgehead atoms. The first-order valence-corrected chi connectivity index (χ1v) is 5.28. The van der Waals surface area contributed by atoms with Crippen molar-refractivity contribution in [3.63, 3.8) is 0 Å². The van der Waals surface area contributed by atoms with Gasteiger partial charge in [-0.2, -0.15) is 0 Å². The summed E-state index contributed by atoms with van der Waals surface area (Å²) in [6, 6.07) is 4.30. The summed E-state index contributed by atoms with van der Waals surface area (Å²) in [7, 11) is 0. The molecule has 0 aliphatic carbocycles. The smallest absolute Gasteiger partial charge is 0.252 e. The lowest BCUT2D eigenvalue weighted by molar-refractivity contribution is 0.108. The molecule has 0 aliphatic rings. The lowest BCUT2D eigenvalue weighted by Gasteiger charge is -2.14. The number of carbonyl (C=O) groups is 1. The molecule has 0 radical (unpaired) electrons. The number of hydrogen-bond acceptors (Lipinski definition) is 1. The van der Waals surface area contributed by atoms with Gasteiger partial charge in [0, 0.05) is 16.1 Å². The minimum atomic E-state index is -1.72. The van der Waals surface area contributed by atoms with Gasteiger partial charge in [-0.15, -0.1) is 0 Å². The second kappa shape index (κ2) is 4.46. The highest BCUT2D eigenvalue weighted by atomic mass is 35.6. The van der Waals surface area contributed by atoms with Crippen LogP contribution in [-0.2, 0) is 3.79 Å². The molecule has 0 aliphatic heterocycles. The third kappa shape index (κ3) is 2.91. The van der Waals surface area contributed by atoms with Crippen LogP contribution in [0.5, 0.6) is 0 Å². The van der Waals surface area contributed by atoms with Crippen LogP contribution in [0.25, 0.3) is 0 Å². The molecule has 0 aromatic heterocycles. The van der Waals surface area contributed by atoms with E-state index in [1.165, 1.54) is 18.2 Å². The first-order chi connectivity index (χ1) is 6.32. The molecule has 0 spiro atoms. The summed E-state index contributed by atoms with van der Waals surface area (Å²) in [4.78, 5) is 11.0. The number of benzene rings is 1. The SMILES string of the molecule is O=C(Cl)c1ccc(Cl)cc1C(Cl)(Cl)Cl. The zero-order valence-electron chi connectivity index (χ0n) is 6.53. The average molecular weight is 292 g/mol. The minimum absolute atomic E-state index is 0.135. The third-order valence-corrected chi connectivity index (χ3v) is 2.55. The molecule has 0 fully saturated rings. The Bertz CT molecular complexity index is 368. The normalized spacial score (nSPS) is 11.5. The number of halogens is 5. The van der Waals surface area contributed by atoms with Gasteiger partial charge in [0.15, 0.2) is 0 Å². The van der Waals surface area contributed by atoms with Gasteiger partial charge in [0.05, 0.1) is 0 Å². The molecule has 0 atom stereocenters. The van der Waals surface area contributed by atoms with Crippen molar-refractivity contribution in [3.8, 4) is 0 Å². The van der Waals surface area contributed by atoms with Gasteiger partial charge in [-0.25, -0.2) is 0 Å². The van der Waals surface area contributed by atoms with Crippen LogP contribution in [0.15, 0.2) is 18.2 Å². The van der Waals surface area contributed by atoms with Crippen LogP contribution in [0.4, 0.5) is 0 Å². The highest BCUT2D eigenvalue weighted by Gasteiger charge is 2.28. The summed E-state index contributed by atoms with van der Waals surface area (Å²) in [5, 5.41) is -0.323. The van der Waals surface area contributed by atoms with Crippen molar-refractivity contribution in [1.82, 2.24) is 0 Å². The van der Waals surface area contributed by atoms with Crippen LogP contribution < -0.4 is 0 Å². The maximum atomic E-state index is 11.0. The predicted molar refractivity (Wildman–Crippen MR) is 60.9 cm³/mol. The number of rotatable bonds is 1. The van der Waals surface area contributed by atoms with E-state index in [2.05, 4.69) is 0 Å². The second-order valence-electron chi connectivity index (χ2n) is 2.46. The molecule has 6 heteroatoms. The minimum Gasteiger partial charge on any atom is -0.276 e. The van der Waals surface area contributed by atoms with Crippen LogP contribution in [0.3, 0.4) is 0 Å². The van der Waals surface area contributed by atoms with Gasteiger partial charge in [0.25, 0.3) is 5.24 Å². The van der Waals surface area contributed by atoms with Crippen LogP contribution in [0.2, 0.25) is 5.02 Å². The zero-order chi connectivity index (χ0) is 10.9. The standard InChI is InChI=1S/C8H3Cl5O/c9-4-1-2-5(7(10)14)6(3-4)8(11,12)13/h1-3H. The van der Waals surface area contributed by atoms with E-state index in [4.69, 9.17) is 58.0 Å². The predicted octanol–water partition coefficient (Wildman–Crippen LogP) is 4.55. The van der Waals surface area contributed by atoms with Crippen molar-refractivity contribution >= 4 is 63.2 Å². The van der Waals surface area contributed by atoms with E-state index in [1.807, 2.05) is 0 Å². The molecule has 1 aromatic rings. The molecule has 76 valence electrons. The molecule has 14 heavy (non-hydrogen) atoms. The zero-order valence-corrected chi connectivity index (χ0v) is 10.3. The first-order valence-electron chi connectivity index (χ1n) is 3.39. The summed E-state index contributed by atoms with van der Waals surface area (Å²) in [5.74, 6) is 0. The van der Waals surface area contributed by atoms with Gasteiger partial charge >= 0.3 is 0 Å². The number of carbonyl (C=O) groups excluding carboxylic acids is 1. The molecule has 0 unspecified atom stereocenters. The summed E-state index contributed by atoms with van der Waals surface area (Å²) >= 11 is 27.9. The van der Waals surface area contributed by atoms with Gasteiger partial charge in [-0.05, 0) is 29.8 Å². The van der Waals surface area contributed by atoms with E-state index in [9.17, 15) is 4.79 Å². The van der Waals surface area contributed by atoms with Crippen molar-refractivity contribution in [2.75, 3.05) is 0 Å². The van der Waals surface area contributed by atoms with Crippen LogP contribution in [0, 0.1) is 0 Å². The van der Waals surface area contributed by atoms with E-state index in [0.717, 1.165) is 0 Å². The van der Waals surface area contributed by atoms with Gasteiger partial charge in [0.1, 0.15) is 0 Å². The Balaban J connectivity index is 3.38. The highest BCUT2D eigenvalue weighted by molar-refractivity contribution is 6.70. The molecule has 0 saturated heterocycles. The maximum Gasteiger partial charge on any atom is 0.252 e. The molecule has 0 saturated carbocycles. The van der Waals surface area contributed by atoms with Crippen LogP contribution in [-0.4, -0.2) is 5.24 Å². The van der Waals surface area contributed by atoms with E-state index in [0.29, 0.717) is 5.02 Å². The lowest BCUT2D eigenvalue weighted by Crippen LogP contribution is -2.07. The van der Waals surface area contributed by atoms with Gasteiger partial charge in [-0.3, -0.25) is 4.79 Å². The van der Waals surface area contributed by atoms with E-state index < -0.39 is 9.03 Å². The Labute approximate surface area is 106 Å². The number of alkyl halides is 3. The summed E-state index contributed by atoms with van der Waals surface area (Å²) in [6.45, 7) is 0. The van der Waals surface area contributed by atoms with Crippen molar-refractivity contribution in [1.29, 1.82) is 0 Å². The fourth-order valence-corrected chi connectivity index (χ4v) is 1.73. The Morgan fingerprint density at radius 1 is 1.21 bits per heavy atom. The second-order valence-corrected chi connectivity index (χ2v) is 5.52. The monoisotopic (exact) mass is 290 g/mol. The Kier molecular flexibility index (Phi) is 3.95. The fourth-order valence-electron chi connectivity index (χ4n) is 0.922. The maximum absolute atomic E-state index is 11.0. The largest absolute Gasteiger partial charge is 0.276 e. The van der Waals surface area contributed by atoms with E-state index in [1.54, 1.807) is 0 Å². The lowest BCUT2D eigenvalue weighted by atomic mass is 10.1. The topological polar surface area (TPSA) is 17.1 Å². The Morgan fingerprint density at radius 2 is 1.79 bits per heavy atom. The Morgan fingerprint density at radius 3 is 2.21 bits per heavy atom. The summed E-state index contributed by atoms with van der Waals surface area (Å²) in [5.41, 5.74) is 0.311. The molecule has 1 aromatic carbocycles. The van der Waals surface area contributed by atoms with E-state index >= 15 is 0 Å². The van der Waals surface area contributed by atoms with Gasteiger partial charge in [-0.1, -0.05) is 46.4 Å². The third-order valence-electron chi connectivity index (χ3n) is 1.50. The molecule has 1 rings (SSSR count). The Hall–Kier alpha value is 0.340. The molecule has 0 amide bonds. The van der Waals surface area contributed by atoms with Gasteiger partial charge in [0.2, 0.25) is 3.79 Å². The average Bonchev–Trinajstić information content (AvgIpc) is 2.01. The summed E-state index contributed by atoms with van der Waals surface area (Å²) < 4.78 is -1.72. The van der Waals surface area contributed by atoms with E-state index in [-0.39, 0.29) is 11.1 Å². The van der Waals surface area contributed by atoms with Crippen LogP contribution >= 0.6 is 58.0 Å². The van der Waals surface area contributed by atoms with Crippen molar-refractivity contribution in [2.24, 2.45) is 0 Å². The molecule has 0 N–H and O–H groups in total. The molecule has 0 heterocycles. The van der Waals surface area contributed by atoms with Crippen LogP contribution in [0.1, 0.15) is 15.9 Å². The quantitative estimate of drug-likeness (QED) is 0.548. The van der Waals surface area contributed by atoms with Crippen molar-refractivity contribution in [3.05, 3.63) is 34.3 Å². The van der Waals surface area contributed by atoms with Crippen molar-refractivity contribution in [2.45, 2.75) is 3.79 Å². The molecule has 1 nitrogen and oxygen atoms in total. The fraction of sp³-hybridized carbons (Fsp3) is 0.125. The summed E-state index contributed by atoms with van der Waals surface area (Å²) in [6.07, 6.45) is 0. The molecular formula is C8H3Cl5O. The van der Waals surface area contributed by atoms with Crippen molar-refractivity contribution < 1.29 is 4.79 Å². The number of hydrogen-bond donors (Lipinski definition) is 0. The molecular weight excluding hydrogens is 289 g/mol. The van der Waals surface area contributed by atoms with Gasteiger partial charge < -0.3 is 0 Å². The highest BCUT2D eigenvalue weighted by Crippen LogP contribution is 2.41.